The van der Waals surface area contributed by atoms with Gasteiger partial charge in [0.1, 0.15) is 5.75 Å². The summed E-state index contributed by atoms with van der Waals surface area (Å²) >= 11 is 6.17. The van der Waals surface area contributed by atoms with Crippen molar-refractivity contribution in [2.24, 2.45) is 5.41 Å². The number of ether oxygens (including phenoxy) is 1. The molecule has 0 saturated carbocycles. The highest BCUT2D eigenvalue weighted by Gasteiger charge is 2.29. The summed E-state index contributed by atoms with van der Waals surface area (Å²) in [7, 11) is 1.84. The normalized spacial score (nSPS) is 12.9. The second-order valence-electron chi connectivity index (χ2n) is 4.68. The Hall–Kier alpha value is -1.24. The van der Waals surface area contributed by atoms with E-state index in [2.05, 4.69) is 11.4 Å². The summed E-state index contributed by atoms with van der Waals surface area (Å²) < 4.78 is 5.40. The van der Waals surface area contributed by atoms with E-state index in [9.17, 15) is 5.26 Å². The molecule has 0 aliphatic rings. The zero-order valence-corrected chi connectivity index (χ0v) is 12.0. The van der Waals surface area contributed by atoms with Crippen LogP contribution >= 0.6 is 11.6 Å². The summed E-state index contributed by atoms with van der Waals surface area (Å²) in [4.78, 5) is 0. The molecule has 3 nitrogen and oxygen atoms in total. The number of nitriles is 1. The number of nitrogens with zero attached hydrogens (tertiary/aromatic N) is 1. The number of hydrogen-bond donors (Lipinski definition) is 1. The molecule has 0 aliphatic carbocycles. The highest BCUT2D eigenvalue weighted by atomic mass is 35.5. The zero-order chi connectivity index (χ0) is 13.8. The highest BCUT2D eigenvalue weighted by Crippen LogP contribution is 2.35. The fourth-order valence-corrected chi connectivity index (χ4v) is 2.22. The Kier molecular flexibility index (Phi) is 5.01. The van der Waals surface area contributed by atoms with Gasteiger partial charge in [0.15, 0.2) is 0 Å². The van der Waals surface area contributed by atoms with Gasteiger partial charge in [-0.3, -0.25) is 0 Å². The standard InChI is InChI=1S/C14H19ClN2O/c1-5-18-12-7-6-10(8-11(12)15)13(17-4)14(2,3)9-16/h6-8,13,17H,5H2,1-4H3. The van der Waals surface area contributed by atoms with E-state index in [0.717, 1.165) is 5.56 Å². The van der Waals surface area contributed by atoms with Crippen molar-refractivity contribution in [3.63, 3.8) is 0 Å². The molecule has 18 heavy (non-hydrogen) atoms. The van der Waals surface area contributed by atoms with E-state index in [-0.39, 0.29) is 6.04 Å². The van der Waals surface area contributed by atoms with Crippen LogP contribution in [0.2, 0.25) is 5.02 Å². The number of hydrogen-bond acceptors (Lipinski definition) is 3. The lowest BCUT2D eigenvalue weighted by atomic mass is 9.82. The molecule has 1 atom stereocenters. The molecule has 0 heterocycles. The minimum Gasteiger partial charge on any atom is -0.492 e. The van der Waals surface area contributed by atoms with Gasteiger partial charge in [-0.25, -0.2) is 0 Å². The van der Waals surface area contributed by atoms with E-state index >= 15 is 0 Å². The van der Waals surface area contributed by atoms with E-state index in [0.29, 0.717) is 17.4 Å². The fourth-order valence-electron chi connectivity index (χ4n) is 1.98. The number of benzene rings is 1. The molecule has 4 heteroatoms. The van der Waals surface area contributed by atoms with Crippen molar-refractivity contribution in [2.75, 3.05) is 13.7 Å². The quantitative estimate of drug-likeness (QED) is 0.886. The van der Waals surface area contributed by atoms with Crippen LogP contribution in [0.4, 0.5) is 0 Å². The van der Waals surface area contributed by atoms with E-state index < -0.39 is 5.41 Å². The van der Waals surface area contributed by atoms with Crippen LogP contribution in [0.1, 0.15) is 32.4 Å². The lowest BCUT2D eigenvalue weighted by molar-refractivity contribution is 0.335. The molecule has 1 aromatic carbocycles. The summed E-state index contributed by atoms with van der Waals surface area (Å²) in [6.45, 7) is 6.30. The van der Waals surface area contributed by atoms with Gasteiger partial charge in [0.25, 0.3) is 0 Å². The summed E-state index contributed by atoms with van der Waals surface area (Å²) in [5, 5.41) is 13.0. The third kappa shape index (κ3) is 3.16. The van der Waals surface area contributed by atoms with Gasteiger partial charge in [-0.05, 0) is 45.5 Å². The zero-order valence-electron chi connectivity index (χ0n) is 11.2. The largest absolute Gasteiger partial charge is 0.492 e. The third-order valence-corrected chi connectivity index (χ3v) is 3.18. The predicted octanol–water partition coefficient (Wildman–Crippen LogP) is 3.55. The average Bonchev–Trinajstić information content (AvgIpc) is 2.33. The number of rotatable bonds is 5. The molecular formula is C14H19ClN2O. The molecule has 0 aliphatic heterocycles. The van der Waals surface area contributed by atoms with Crippen LogP contribution in [0.5, 0.6) is 5.75 Å². The lowest BCUT2D eigenvalue weighted by Gasteiger charge is -2.28. The molecule has 1 N–H and O–H groups in total. The molecule has 1 unspecified atom stereocenters. The first-order valence-electron chi connectivity index (χ1n) is 5.97. The van der Waals surface area contributed by atoms with Crippen molar-refractivity contribution in [3.05, 3.63) is 28.8 Å². The van der Waals surface area contributed by atoms with Crippen LogP contribution in [-0.4, -0.2) is 13.7 Å². The lowest BCUT2D eigenvalue weighted by Crippen LogP contribution is -2.30. The maximum absolute atomic E-state index is 9.22. The van der Waals surface area contributed by atoms with Crippen molar-refractivity contribution < 1.29 is 4.74 Å². The molecule has 0 bridgehead atoms. The first kappa shape index (κ1) is 14.8. The van der Waals surface area contributed by atoms with Gasteiger partial charge in [-0.15, -0.1) is 0 Å². The van der Waals surface area contributed by atoms with E-state index in [4.69, 9.17) is 16.3 Å². The Labute approximate surface area is 114 Å². The number of halogens is 1. The van der Waals surface area contributed by atoms with Crippen molar-refractivity contribution in [3.8, 4) is 11.8 Å². The maximum Gasteiger partial charge on any atom is 0.137 e. The molecule has 98 valence electrons. The van der Waals surface area contributed by atoms with Gasteiger partial charge in [0, 0.05) is 0 Å². The molecule has 1 rings (SSSR count). The van der Waals surface area contributed by atoms with E-state index in [1.54, 1.807) is 0 Å². The van der Waals surface area contributed by atoms with Crippen LogP contribution < -0.4 is 10.1 Å². The summed E-state index contributed by atoms with van der Waals surface area (Å²) in [6, 6.07) is 7.88. The Morgan fingerprint density at radius 1 is 1.50 bits per heavy atom. The van der Waals surface area contributed by atoms with Crippen molar-refractivity contribution >= 4 is 11.6 Å². The van der Waals surface area contributed by atoms with Gasteiger partial charge < -0.3 is 10.1 Å². The Bertz CT molecular complexity index is 452. The van der Waals surface area contributed by atoms with Crippen LogP contribution in [0.15, 0.2) is 18.2 Å². The van der Waals surface area contributed by atoms with Crippen LogP contribution in [-0.2, 0) is 0 Å². The fraction of sp³-hybridized carbons (Fsp3) is 0.500. The average molecular weight is 267 g/mol. The maximum atomic E-state index is 9.22. The minimum absolute atomic E-state index is 0.0734. The molecule has 0 spiro atoms. The Balaban J connectivity index is 3.10. The van der Waals surface area contributed by atoms with E-state index in [1.165, 1.54) is 0 Å². The second kappa shape index (κ2) is 6.08. The van der Waals surface area contributed by atoms with Gasteiger partial charge in [-0.1, -0.05) is 17.7 Å². The van der Waals surface area contributed by atoms with Crippen LogP contribution in [0.3, 0.4) is 0 Å². The van der Waals surface area contributed by atoms with E-state index in [1.807, 2.05) is 46.0 Å². The van der Waals surface area contributed by atoms with Gasteiger partial charge in [0.2, 0.25) is 0 Å². The molecule has 0 aromatic heterocycles. The molecule has 0 radical (unpaired) electrons. The Morgan fingerprint density at radius 3 is 2.61 bits per heavy atom. The predicted molar refractivity (Wildman–Crippen MR) is 73.8 cm³/mol. The monoisotopic (exact) mass is 266 g/mol. The van der Waals surface area contributed by atoms with Gasteiger partial charge in [-0.2, -0.15) is 5.26 Å². The first-order valence-corrected chi connectivity index (χ1v) is 6.34. The highest BCUT2D eigenvalue weighted by molar-refractivity contribution is 6.32. The van der Waals surface area contributed by atoms with Crippen molar-refractivity contribution in [1.29, 1.82) is 5.26 Å². The van der Waals surface area contributed by atoms with Gasteiger partial charge in [0.05, 0.1) is 29.2 Å². The molecule has 0 fully saturated rings. The molecule has 0 amide bonds. The Morgan fingerprint density at radius 2 is 2.17 bits per heavy atom. The molecular weight excluding hydrogens is 248 g/mol. The third-order valence-electron chi connectivity index (χ3n) is 2.89. The second-order valence-corrected chi connectivity index (χ2v) is 5.09. The number of nitrogens with one attached hydrogen (secondary N) is 1. The topological polar surface area (TPSA) is 45.0 Å². The van der Waals surface area contributed by atoms with Crippen LogP contribution in [0.25, 0.3) is 0 Å². The summed E-state index contributed by atoms with van der Waals surface area (Å²) in [5.41, 5.74) is 0.475. The van der Waals surface area contributed by atoms with Gasteiger partial charge >= 0.3 is 0 Å². The molecule has 1 aromatic rings. The summed E-state index contributed by atoms with van der Waals surface area (Å²) in [6.07, 6.45) is 0. The minimum atomic E-state index is -0.509. The van der Waals surface area contributed by atoms with Crippen molar-refractivity contribution in [2.45, 2.75) is 26.8 Å². The smallest absolute Gasteiger partial charge is 0.137 e. The SMILES string of the molecule is CCOc1ccc(C(NC)C(C)(C)C#N)cc1Cl. The first-order chi connectivity index (χ1) is 8.46. The summed E-state index contributed by atoms with van der Waals surface area (Å²) in [5.74, 6) is 0.674. The van der Waals surface area contributed by atoms with Crippen LogP contribution in [0, 0.1) is 16.7 Å². The molecule has 0 saturated heterocycles. The van der Waals surface area contributed by atoms with Crippen molar-refractivity contribution in [1.82, 2.24) is 5.32 Å².